The molecule has 0 aromatic carbocycles. The van der Waals surface area contributed by atoms with Gasteiger partial charge in [-0.15, -0.1) is 0 Å². The highest BCUT2D eigenvalue weighted by molar-refractivity contribution is 14.1. The second-order valence-electron chi connectivity index (χ2n) is 13.9. The summed E-state index contributed by atoms with van der Waals surface area (Å²) in [5, 5.41) is 0. The molecule has 0 saturated carbocycles. The predicted molar refractivity (Wildman–Crippen MR) is 355 cm³/mol. The first-order chi connectivity index (χ1) is 30.1. The summed E-state index contributed by atoms with van der Waals surface area (Å²) in [6.07, 6.45) is -7.51. The number of aromatic nitrogens is 2. The predicted octanol–water partition coefficient (Wildman–Crippen LogP) is 6.94. The molecule has 466 valence electrons. The fourth-order valence-corrected chi connectivity index (χ4v) is 7.50. The van der Waals surface area contributed by atoms with Gasteiger partial charge in [0.1, 0.15) is 19.5 Å². The molecule has 2 saturated heterocycles. The van der Waals surface area contributed by atoms with Crippen LogP contribution in [0.5, 0.6) is 0 Å². The molecule has 0 spiro atoms. The minimum atomic E-state index is -4.97. The Morgan fingerprint density at radius 2 is 0.973 bits per heavy atom. The van der Waals surface area contributed by atoms with Crippen molar-refractivity contribution in [3.05, 3.63) is 18.7 Å². The maximum Gasteiger partial charge on any atom is 0.472 e. The quantitative estimate of drug-likeness (QED) is 0.0498. The molecule has 0 radical (unpaired) electrons. The van der Waals surface area contributed by atoms with E-state index in [0.29, 0.717) is 4.91 Å². The summed E-state index contributed by atoms with van der Waals surface area (Å²) in [5.41, 5.74) is 0. The SMILES string of the molecule is CC(=O)OC[C@H](F)C1O[C@@H](OP(=O)(O)O)C(OC(C)=O)[C@@H](C)[C@@H]1C.CC(=O)OC[C@H](F)C1O[C@@H](OP(=O)(O)n2ccnc2)C(OC(C)=O)[C@@H](C)[C@@H]1C.CCN(CC)CC.S.S.S.S.S.S.S.S.S.S.S.S.[2H]CF.[2H]CI. The van der Waals surface area contributed by atoms with Gasteiger partial charge >= 0.3 is 39.4 Å². The monoisotopic (exact) mass is 1480 g/mol. The third-order valence-corrected chi connectivity index (χ3v) is 11.5. The number of hydrogen-bond acceptors (Lipinski definition) is 16. The van der Waals surface area contributed by atoms with Gasteiger partial charge in [0.05, 0.1) is 20.7 Å². The Morgan fingerprint density at radius 3 is 1.20 bits per heavy atom. The highest BCUT2D eigenvalue weighted by Crippen LogP contribution is 2.48. The van der Waals surface area contributed by atoms with E-state index < -0.39 is 133 Å². The molecule has 1 aromatic heterocycles. The van der Waals surface area contributed by atoms with Gasteiger partial charge in [-0.1, -0.05) is 71.1 Å². The van der Waals surface area contributed by atoms with Crippen molar-refractivity contribution in [2.24, 2.45) is 23.7 Å². The number of carbonyl (C=O) groups is 4. The van der Waals surface area contributed by atoms with Crippen molar-refractivity contribution in [2.75, 3.05) is 44.9 Å². The maximum absolute atomic E-state index is 14.6. The number of halogens is 4. The fraction of sp³-hybridized carbons (Fsp3) is 0.811. The van der Waals surface area contributed by atoms with Crippen molar-refractivity contribution >= 4 is 224 Å². The molecular formula is C37H91F3IN3O17P2S12. The van der Waals surface area contributed by atoms with E-state index in [2.05, 4.69) is 39.9 Å². The molecule has 2 fully saturated rings. The molecule has 3 heterocycles. The summed E-state index contributed by atoms with van der Waals surface area (Å²) in [5.74, 6) is -4.65. The van der Waals surface area contributed by atoms with E-state index in [1.165, 1.54) is 39.0 Å². The molecule has 0 aliphatic carbocycles. The minimum absolute atomic E-state index is 0. The normalized spacial score (nSPS) is 23.2. The Hall–Kier alpha value is 1.95. The van der Waals surface area contributed by atoms with Gasteiger partial charge in [-0.3, -0.25) is 32.6 Å². The summed E-state index contributed by atoms with van der Waals surface area (Å²) in [4.78, 5) is 79.1. The van der Waals surface area contributed by atoms with Gasteiger partial charge in [0.15, 0.2) is 24.6 Å². The molecule has 5 unspecified atom stereocenters. The van der Waals surface area contributed by atoms with Crippen LogP contribution in [0.1, 0.15) is 78.9 Å². The highest BCUT2D eigenvalue weighted by atomic mass is 127. The van der Waals surface area contributed by atoms with Crippen LogP contribution < -0.4 is 0 Å². The van der Waals surface area contributed by atoms with E-state index in [1.807, 2.05) is 22.6 Å². The maximum atomic E-state index is 14.6. The van der Waals surface area contributed by atoms with Crippen LogP contribution in [-0.2, 0) is 65.8 Å². The smallest absolute Gasteiger partial charge is 0.463 e. The number of phosphoric acid groups is 1. The Labute approximate surface area is 542 Å². The van der Waals surface area contributed by atoms with Crippen molar-refractivity contribution in [3.8, 4) is 0 Å². The van der Waals surface area contributed by atoms with E-state index in [1.54, 1.807) is 27.7 Å². The standard InChI is InChI=1S/C16H24FN2O8P.C13H22FO9P.C6H15N.CH3F.CH3I.12H2S/c1-9-10(2)15(25-12(4)21)16(26-14(9)13(17)7-24-11(3)20)27-28(22,23)19-6-5-18-8-19;1-6-7(2)12(21-9(4)16)13(23-24(17,18)19)22-11(6)10(14)5-20-8(3)15;1-4-7(5-2)6-3;2*1-2;;;;;;;;;;;;/h5-6,8-10,13-16H,7H2,1-4H3,(H,22,23);6-7,10-13H,5H2,1-4H3,(H2,17,18,19);4-6H2,1-3H3;2*1H3;12*1H2/t9-,10-,13-,14?,15?,16-;6-,7-,10-,11?,12?,13-;;;;;;;;;;;;;;;/m00.............../s1/i;;;2*1D;;;;;;;;;;;;. The number of esters is 4. The van der Waals surface area contributed by atoms with Gasteiger partial charge in [0.2, 0.25) is 12.6 Å². The second-order valence-corrected chi connectivity index (χ2v) is 16.8. The number of alkyl halides is 4. The first kappa shape index (κ1) is 105. The Morgan fingerprint density at radius 1 is 0.667 bits per heavy atom. The van der Waals surface area contributed by atoms with Gasteiger partial charge in [-0.2, -0.15) is 162 Å². The number of imidazole rings is 1. The van der Waals surface area contributed by atoms with Crippen molar-refractivity contribution in [2.45, 2.75) is 126 Å². The van der Waals surface area contributed by atoms with Crippen molar-refractivity contribution in [1.29, 1.82) is 0 Å². The van der Waals surface area contributed by atoms with Gasteiger partial charge in [0, 0.05) is 53.3 Å². The van der Waals surface area contributed by atoms with Crippen LogP contribution in [0.4, 0.5) is 13.2 Å². The third kappa shape index (κ3) is 44.2. The number of rotatable bonds is 16. The lowest BCUT2D eigenvalue weighted by Crippen LogP contribution is -2.55. The molecule has 2 aliphatic rings. The summed E-state index contributed by atoms with van der Waals surface area (Å²) >= 11 is 1.96. The van der Waals surface area contributed by atoms with Crippen LogP contribution in [0.25, 0.3) is 0 Å². The molecule has 20 nitrogen and oxygen atoms in total. The number of phosphoric ester groups is 1. The summed E-state index contributed by atoms with van der Waals surface area (Å²) in [6, 6.07) is 0. The van der Waals surface area contributed by atoms with Crippen LogP contribution in [-0.4, -0.2) is 147 Å². The van der Waals surface area contributed by atoms with Gasteiger partial charge in [0.25, 0.3) is 0 Å². The molecule has 2 aliphatic heterocycles. The Kier molecular flexibility index (Phi) is 82.9. The fourth-order valence-electron chi connectivity index (χ4n) is 6.09. The van der Waals surface area contributed by atoms with Crippen LogP contribution in [0.3, 0.4) is 0 Å². The van der Waals surface area contributed by atoms with Gasteiger partial charge < -0.3 is 48.0 Å². The van der Waals surface area contributed by atoms with E-state index in [-0.39, 0.29) is 162 Å². The molecule has 38 heteroatoms. The molecule has 3 N–H and O–H groups in total. The molecule has 1 aromatic rings. The number of carbonyl (C=O) groups excluding carboxylic acids is 4. The molecule has 0 bridgehead atoms. The lowest BCUT2D eigenvalue weighted by atomic mass is 9.82. The summed E-state index contributed by atoms with van der Waals surface area (Å²) in [7, 11) is -10.4. The molecule has 3 rings (SSSR count). The average molecular weight is 1480 g/mol. The van der Waals surface area contributed by atoms with Crippen molar-refractivity contribution in [1.82, 2.24) is 14.2 Å². The Bertz CT molecular complexity index is 1650. The molecule has 75 heavy (non-hydrogen) atoms. The van der Waals surface area contributed by atoms with E-state index in [0.717, 1.165) is 31.4 Å². The summed E-state index contributed by atoms with van der Waals surface area (Å²) < 4.78 is 115. The minimum Gasteiger partial charge on any atom is -0.463 e. The zero-order chi connectivity index (χ0) is 50.8. The zero-order valence-electron chi connectivity index (χ0n) is 45.4. The van der Waals surface area contributed by atoms with Crippen LogP contribution in [0, 0.1) is 23.7 Å². The third-order valence-electron chi connectivity index (χ3n) is 9.67. The van der Waals surface area contributed by atoms with Crippen LogP contribution in [0.2, 0.25) is 0 Å². The van der Waals surface area contributed by atoms with E-state index in [9.17, 15) is 46.4 Å². The van der Waals surface area contributed by atoms with Crippen molar-refractivity contribution in [3.63, 3.8) is 0 Å². The largest absolute Gasteiger partial charge is 0.472 e. The molecule has 13 atom stereocenters. The summed E-state index contributed by atoms with van der Waals surface area (Å²) in [6.45, 7) is 20.2. The molecular weight excluding hydrogens is 1390 g/mol. The number of hydrogen-bond donors (Lipinski definition) is 3. The van der Waals surface area contributed by atoms with Crippen molar-refractivity contribution < 1.29 is 96.4 Å². The first-order valence-corrected chi connectivity index (χ1v) is 24.1. The first-order valence-electron chi connectivity index (χ1n) is 20.9. The Balaban J connectivity index is -0.0000000622. The van der Waals surface area contributed by atoms with Crippen LogP contribution >= 0.6 is 200 Å². The lowest BCUT2D eigenvalue weighted by molar-refractivity contribution is -0.263. The average Bonchev–Trinajstić information content (AvgIpc) is 3.76. The van der Waals surface area contributed by atoms with Gasteiger partial charge in [-0.25, -0.2) is 27.2 Å². The highest BCUT2D eigenvalue weighted by Gasteiger charge is 2.51. The molecule has 0 amide bonds. The number of ether oxygens (including phenoxy) is 6. The van der Waals surface area contributed by atoms with E-state index in [4.69, 9.17) is 40.7 Å². The van der Waals surface area contributed by atoms with Gasteiger partial charge in [-0.05, 0) is 36.4 Å². The second kappa shape index (κ2) is 59.1. The van der Waals surface area contributed by atoms with E-state index >= 15 is 0 Å². The number of nitrogens with zero attached hydrogens (tertiary/aromatic N) is 3. The zero-order valence-corrected chi connectivity index (χ0v) is 59.4. The topological polar surface area (TPSA) is 258 Å². The lowest BCUT2D eigenvalue weighted by Gasteiger charge is -2.44. The van der Waals surface area contributed by atoms with Crippen LogP contribution in [0.15, 0.2) is 18.7 Å².